The first-order chi connectivity index (χ1) is 8.06. The minimum atomic E-state index is -2.92. The Morgan fingerprint density at radius 2 is 2.18 bits per heavy atom. The van der Waals surface area contributed by atoms with Crippen molar-refractivity contribution in [1.82, 2.24) is 15.0 Å². The number of rotatable bonds is 3. The van der Waals surface area contributed by atoms with Gasteiger partial charge in [-0.3, -0.25) is 0 Å². The summed E-state index contributed by atoms with van der Waals surface area (Å²) >= 11 is 5.73. The summed E-state index contributed by atoms with van der Waals surface area (Å²) in [4.78, 5) is 0. The molecule has 7 heteroatoms. The average Bonchev–Trinajstić information content (AvgIpc) is 2.67. The van der Waals surface area contributed by atoms with Gasteiger partial charge in [-0.2, -0.15) is 8.78 Å². The van der Waals surface area contributed by atoms with E-state index >= 15 is 0 Å². The monoisotopic (exact) mass is 259 g/mol. The van der Waals surface area contributed by atoms with E-state index in [2.05, 4.69) is 15.0 Å². The van der Waals surface area contributed by atoms with E-state index in [-0.39, 0.29) is 10.8 Å². The second-order valence-corrected chi connectivity index (χ2v) is 3.70. The zero-order valence-electron chi connectivity index (χ0n) is 8.77. The van der Waals surface area contributed by atoms with Crippen molar-refractivity contribution in [3.63, 3.8) is 0 Å². The third-order valence-electron chi connectivity index (χ3n) is 2.00. The predicted molar refractivity (Wildman–Crippen MR) is 57.7 cm³/mol. The summed E-state index contributed by atoms with van der Waals surface area (Å²) in [5, 5.41) is 7.73. The molecule has 0 saturated carbocycles. The minimum Gasteiger partial charge on any atom is -0.433 e. The molecule has 1 heterocycles. The van der Waals surface area contributed by atoms with Crippen molar-refractivity contribution in [2.24, 2.45) is 0 Å². The molecule has 0 saturated heterocycles. The van der Waals surface area contributed by atoms with Gasteiger partial charge in [-0.1, -0.05) is 16.8 Å². The Balaban J connectivity index is 2.36. The molecule has 0 atom stereocenters. The number of alkyl halides is 2. The lowest BCUT2D eigenvalue weighted by molar-refractivity contribution is -0.0497. The molecule has 0 fully saturated rings. The van der Waals surface area contributed by atoms with Gasteiger partial charge >= 0.3 is 6.61 Å². The first-order valence-corrected chi connectivity index (χ1v) is 5.08. The predicted octanol–water partition coefficient (Wildman–Crippen LogP) is 2.83. The van der Waals surface area contributed by atoms with Crippen LogP contribution in [0, 0.1) is 6.92 Å². The average molecular weight is 260 g/mol. The standard InChI is InChI=1S/C10H8ClF2N3O/c1-6-5-16(15-14-6)7-2-3-8(11)9(4-7)17-10(12)13/h2-5,10H,1H3. The Bertz CT molecular complexity index is 530. The molecule has 0 amide bonds. The Kier molecular flexibility index (Phi) is 3.23. The Morgan fingerprint density at radius 3 is 2.76 bits per heavy atom. The number of nitrogens with zero attached hydrogens (tertiary/aromatic N) is 3. The molecule has 0 unspecified atom stereocenters. The molecule has 90 valence electrons. The molecule has 0 radical (unpaired) electrons. The van der Waals surface area contributed by atoms with Crippen LogP contribution in [0.2, 0.25) is 5.02 Å². The molecule has 0 N–H and O–H groups in total. The van der Waals surface area contributed by atoms with E-state index in [1.165, 1.54) is 16.8 Å². The van der Waals surface area contributed by atoms with Crippen molar-refractivity contribution >= 4 is 11.6 Å². The highest BCUT2D eigenvalue weighted by atomic mass is 35.5. The van der Waals surface area contributed by atoms with Gasteiger partial charge < -0.3 is 4.74 Å². The first kappa shape index (κ1) is 11.8. The lowest BCUT2D eigenvalue weighted by Crippen LogP contribution is -2.03. The topological polar surface area (TPSA) is 39.9 Å². The highest BCUT2D eigenvalue weighted by Gasteiger charge is 2.10. The van der Waals surface area contributed by atoms with Crippen LogP contribution in [-0.4, -0.2) is 21.6 Å². The normalized spacial score (nSPS) is 10.9. The van der Waals surface area contributed by atoms with Crippen LogP contribution in [0.1, 0.15) is 5.69 Å². The molecule has 2 rings (SSSR count). The van der Waals surface area contributed by atoms with Crippen molar-refractivity contribution < 1.29 is 13.5 Å². The van der Waals surface area contributed by atoms with E-state index in [1.807, 2.05) is 0 Å². The number of aromatic nitrogens is 3. The van der Waals surface area contributed by atoms with Gasteiger partial charge in [-0.15, -0.1) is 5.10 Å². The minimum absolute atomic E-state index is 0.0904. The molecular formula is C10H8ClF2N3O. The Hall–Kier alpha value is -1.69. The van der Waals surface area contributed by atoms with Crippen molar-refractivity contribution in [3.8, 4) is 11.4 Å². The fourth-order valence-corrected chi connectivity index (χ4v) is 1.46. The molecule has 4 nitrogen and oxygen atoms in total. The molecule has 0 aliphatic heterocycles. The van der Waals surface area contributed by atoms with Crippen molar-refractivity contribution in [2.75, 3.05) is 0 Å². The first-order valence-electron chi connectivity index (χ1n) is 4.70. The SMILES string of the molecule is Cc1cn(-c2ccc(Cl)c(OC(F)F)c2)nn1. The summed E-state index contributed by atoms with van der Waals surface area (Å²) in [7, 11) is 0. The van der Waals surface area contributed by atoms with Gasteiger partial charge in [-0.05, 0) is 19.1 Å². The van der Waals surface area contributed by atoms with Crippen LogP contribution in [0.3, 0.4) is 0 Å². The van der Waals surface area contributed by atoms with E-state index in [1.54, 1.807) is 19.2 Å². The second-order valence-electron chi connectivity index (χ2n) is 3.30. The molecule has 0 bridgehead atoms. The molecule has 17 heavy (non-hydrogen) atoms. The third kappa shape index (κ3) is 2.71. The summed E-state index contributed by atoms with van der Waals surface area (Å²) in [6.07, 6.45) is 1.66. The molecule has 1 aromatic heterocycles. The van der Waals surface area contributed by atoms with Gasteiger partial charge in [0.1, 0.15) is 5.75 Å². The summed E-state index contributed by atoms with van der Waals surface area (Å²) in [6.45, 7) is -1.14. The van der Waals surface area contributed by atoms with E-state index in [4.69, 9.17) is 11.6 Å². The lowest BCUT2D eigenvalue weighted by atomic mass is 10.3. The van der Waals surface area contributed by atoms with Crippen LogP contribution in [-0.2, 0) is 0 Å². The lowest BCUT2D eigenvalue weighted by Gasteiger charge is -2.08. The number of ether oxygens (including phenoxy) is 1. The maximum absolute atomic E-state index is 12.1. The zero-order chi connectivity index (χ0) is 12.4. The van der Waals surface area contributed by atoms with Crippen LogP contribution >= 0.6 is 11.6 Å². The largest absolute Gasteiger partial charge is 0.433 e. The van der Waals surface area contributed by atoms with E-state index < -0.39 is 6.61 Å². The summed E-state index contributed by atoms with van der Waals surface area (Å²) in [5.74, 6) is -0.0904. The molecule has 0 spiro atoms. The fourth-order valence-electron chi connectivity index (χ4n) is 1.29. The van der Waals surface area contributed by atoms with E-state index in [9.17, 15) is 8.78 Å². The van der Waals surface area contributed by atoms with Crippen LogP contribution in [0.5, 0.6) is 5.75 Å². The van der Waals surface area contributed by atoms with Crippen LogP contribution in [0.25, 0.3) is 5.69 Å². The number of benzene rings is 1. The highest BCUT2D eigenvalue weighted by molar-refractivity contribution is 6.32. The number of aryl methyl sites for hydroxylation is 1. The van der Waals surface area contributed by atoms with Crippen LogP contribution in [0.4, 0.5) is 8.78 Å². The molecule has 0 aliphatic carbocycles. The van der Waals surface area contributed by atoms with Gasteiger partial charge in [-0.25, -0.2) is 4.68 Å². The number of hydrogen-bond acceptors (Lipinski definition) is 3. The van der Waals surface area contributed by atoms with Gasteiger partial charge in [0.25, 0.3) is 0 Å². The number of halogens is 3. The van der Waals surface area contributed by atoms with Crippen molar-refractivity contribution in [1.29, 1.82) is 0 Å². The fraction of sp³-hybridized carbons (Fsp3) is 0.200. The quantitative estimate of drug-likeness (QED) is 0.851. The van der Waals surface area contributed by atoms with Gasteiger partial charge in [0, 0.05) is 6.07 Å². The molecule has 2 aromatic rings. The van der Waals surface area contributed by atoms with Crippen molar-refractivity contribution in [3.05, 3.63) is 35.1 Å². The van der Waals surface area contributed by atoms with Gasteiger partial charge in [0.05, 0.1) is 22.6 Å². The molecule has 0 aliphatic rings. The smallest absolute Gasteiger partial charge is 0.387 e. The van der Waals surface area contributed by atoms with Gasteiger partial charge in [0.15, 0.2) is 0 Å². The highest BCUT2D eigenvalue weighted by Crippen LogP contribution is 2.28. The second kappa shape index (κ2) is 4.67. The maximum atomic E-state index is 12.1. The van der Waals surface area contributed by atoms with Crippen molar-refractivity contribution in [2.45, 2.75) is 13.5 Å². The number of hydrogen-bond donors (Lipinski definition) is 0. The summed E-state index contributed by atoms with van der Waals surface area (Å²) in [5.41, 5.74) is 1.27. The Morgan fingerprint density at radius 1 is 1.41 bits per heavy atom. The molecular weight excluding hydrogens is 252 g/mol. The van der Waals surface area contributed by atoms with E-state index in [0.29, 0.717) is 5.69 Å². The summed E-state index contributed by atoms with van der Waals surface area (Å²) < 4.78 is 30.0. The summed E-state index contributed by atoms with van der Waals surface area (Å²) in [6, 6.07) is 4.48. The Labute approximate surface area is 101 Å². The van der Waals surface area contributed by atoms with Crippen LogP contribution < -0.4 is 4.74 Å². The van der Waals surface area contributed by atoms with Gasteiger partial charge in [0.2, 0.25) is 0 Å². The third-order valence-corrected chi connectivity index (χ3v) is 2.32. The molecule has 1 aromatic carbocycles. The van der Waals surface area contributed by atoms with E-state index in [0.717, 1.165) is 5.69 Å². The zero-order valence-corrected chi connectivity index (χ0v) is 9.53. The van der Waals surface area contributed by atoms with Crippen LogP contribution in [0.15, 0.2) is 24.4 Å². The maximum Gasteiger partial charge on any atom is 0.387 e.